The van der Waals surface area contributed by atoms with E-state index in [2.05, 4.69) is 15.5 Å². The van der Waals surface area contributed by atoms with Crippen molar-refractivity contribution in [3.05, 3.63) is 107 Å². The second-order valence-corrected chi connectivity index (χ2v) is 7.81. The molecule has 1 heterocycles. The predicted molar refractivity (Wildman–Crippen MR) is 119 cm³/mol. The van der Waals surface area contributed by atoms with Crippen molar-refractivity contribution in [1.29, 1.82) is 0 Å². The molecule has 5 nitrogen and oxygen atoms in total. The number of thioether (sulfide) groups is 1. The summed E-state index contributed by atoms with van der Waals surface area (Å²) in [6, 6.07) is 27.1. The van der Waals surface area contributed by atoms with Crippen LogP contribution in [-0.4, -0.2) is 21.9 Å². The van der Waals surface area contributed by atoms with Gasteiger partial charge in [0.2, 0.25) is 11.8 Å². The van der Waals surface area contributed by atoms with Gasteiger partial charge in [0, 0.05) is 0 Å². The summed E-state index contributed by atoms with van der Waals surface area (Å²) < 4.78 is 5.91. The average molecular weight is 436 g/mol. The lowest BCUT2D eigenvalue weighted by atomic mass is 9.91. The zero-order valence-electron chi connectivity index (χ0n) is 15.9. The van der Waals surface area contributed by atoms with Crippen molar-refractivity contribution in [3.63, 3.8) is 0 Å². The Morgan fingerprint density at radius 2 is 1.50 bits per heavy atom. The third-order valence-corrected chi connectivity index (χ3v) is 5.56. The van der Waals surface area contributed by atoms with Gasteiger partial charge in [0.15, 0.2) is 0 Å². The van der Waals surface area contributed by atoms with Gasteiger partial charge in [-0.1, -0.05) is 96.2 Å². The van der Waals surface area contributed by atoms with E-state index in [0.29, 0.717) is 21.8 Å². The molecule has 0 fully saturated rings. The highest BCUT2D eigenvalue weighted by Gasteiger charge is 2.23. The van der Waals surface area contributed by atoms with Crippen molar-refractivity contribution < 1.29 is 9.21 Å². The molecule has 3 aromatic carbocycles. The van der Waals surface area contributed by atoms with E-state index in [1.807, 2.05) is 72.8 Å². The smallest absolute Gasteiger partial charge is 0.277 e. The number of amides is 1. The minimum Gasteiger partial charge on any atom is -0.415 e. The molecule has 7 heteroatoms. The molecular weight excluding hydrogens is 418 g/mol. The fourth-order valence-electron chi connectivity index (χ4n) is 3.04. The SMILES string of the molecule is O=C(CSc1nnc(C(c2ccccc2)c2ccccc2)o1)Nc1ccccc1Cl. The number of nitrogens with zero attached hydrogens (tertiary/aromatic N) is 2. The number of carbonyl (C=O) groups excluding carboxylic acids is 1. The average Bonchev–Trinajstić information content (AvgIpc) is 3.24. The Kier molecular flexibility index (Phi) is 6.47. The van der Waals surface area contributed by atoms with Crippen molar-refractivity contribution in [2.75, 3.05) is 11.1 Å². The van der Waals surface area contributed by atoms with Gasteiger partial charge in [0.25, 0.3) is 5.22 Å². The van der Waals surface area contributed by atoms with Crippen LogP contribution < -0.4 is 5.32 Å². The zero-order chi connectivity index (χ0) is 20.8. The molecule has 1 aromatic heterocycles. The molecule has 0 bridgehead atoms. The predicted octanol–water partition coefficient (Wildman–Crippen LogP) is 5.63. The summed E-state index contributed by atoms with van der Waals surface area (Å²) in [7, 11) is 0. The summed E-state index contributed by atoms with van der Waals surface area (Å²) in [4.78, 5) is 12.2. The highest BCUT2D eigenvalue weighted by Crippen LogP contribution is 2.32. The summed E-state index contributed by atoms with van der Waals surface area (Å²) in [5.74, 6) is 0.247. The molecule has 1 N–H and O–H groups in total. The van der Waals surface area contributed by atoms with Crippen molar-refractivity contribution in [2.24, 2.45) is 0 Å². The molecule has 4 rings (SSSR count). The topological polar surface area (TPSA) is 68.0 Å². The number of benzene rings is 3. The van der Waals surface area contributed by atoms with Gasteiger partial charge < -0.3 is 9.73 Å². The lowest BCUT2D eigenvalue weighted by molar-refractivity contribution is -0.113. The Hall–Kier alpha value is -3.09. The molecule has 0 spiro atoms. The van der Waals surface area contributed by atoms with E-state index < -0.39 is 0 Å². The van der Waals surface area contributed by atoms with Crippen LogP contribution in [0.15, 0.2) is 94.6 Å². The molecular formula is C23H18ClN3O2S. The molecule has 30 heavy (non-hydrogen) atoms. The van der Waals surface area contributed by atoms with Crippen molar-refractivity contribution in [3.8, 4) is 0 Å². The normalized spacial score (nSPS) is 10.9. The van der Waals surface area contributed by atoms with E-state index in [9.17, 15) is 4.79 Å². The van der Waals surface area contributed by atoms with Gasteiger partial charge in [-0.25, -0.2) is 0 Å². The minimum atomic E-state index is -0.199. The highest BCUT2D eigenvalue weighted by molar-refractivity contribution is 7.99. The summed E-state index contributed by atoms with van der Waals surface area (Å²) >= 11 is 7.26. The van der Waals surface area contributed by atoms with Crippen molar-refractivity contribution >= 4 is 35.0 Å². The number of nitrogens with one attached hydrogen (secondary N) is 1. The van der Waals surface area contributed by atoms with E-state index in [4.69, 9.17) is 16.0 Å². The Morgan fingerprint density at radius 1 is 0.900 bits per heavy atom. The number of hydrogen-bond donors (Lipinski definition) is 1. The van der Waals surface area contributed by atoms with Gasteiger partial charge in [0.1, 0.15) is 0 Å². The fraction of sp³-hybridized carbons (Fsp3) is 0.0870. The zero-order valence-corrected chi connectivity index (χ0v) is 17.4. The molecule has 0 radical (unpaired) electrons. The summed E-state index contributed by atoms with van der Waals surface area (Å²) in [5, 5.41) is 12.0. The van der Waals surface area contributed by atoms with Gasteiger partial charge in [0.05, 0.1) is 22.4 Å². The van der Waals surface area contributed by atoms with Gasteiger partial charge >= 0.3 is 0 Å². The number of carbonyl (C=O) groups is 1. The van der Waals surface area contributed by atoms with E-state index in [0.717, 1.165) is 11.1 Å². The van der Waals surface area contributed by atoms with Crippen LogP contribution in [0.4, 0.5) is 5.69 Å². The van der Waals surface area contributed by atoms with Crippen LogP contribution in [0.1, 0.15) is 22.9 Å². The van der Waals surface area contributed by atoms with E-state index in [-0.39, 0.29) is 17.6 Å². The van der Waals surface area contributed by atoms with E-state index in [1.54, 1.807) is 12.1 Å². The van der Waals surface area contributed by atoms with Crippen LogP contribution in [-0.2, 0) is 4.79 Å². The first-order valence-corrected chi connectivity index (χ1v) is 10.7. The Bertz CT molecular complexity index is 1080. The fourth-order valence-corrected chi connectivity index (χ4v) is 3.79. The Morgan fingerprint density at radius 3 is 2.13 bits per heavy atom. The highest BCUT2D eigenvalue weighted by atomic mass is 35.5. The third-order valence-electron chi connectivity index (χ3n) is 4.41. The first kappa shape index (κ1) is 20.2. The Balaban J connectivity index is 1.48. The number of hydrogen-bond acceptors (Lipinski definition) is 5. The lowest BCUT2D eigenvalue weighted by Gasteiger charge is -2.13. The van der Waals surface area contributed by atoms with Gasteiger partial charge in [-0.05, 0) is 23.3 Å². The van der Waals surface area contributed by atoms with Crippen LogP contribution in [0.3, 0.4) is 0 Å². The standard InChI is InChI=1S/C23H18ClN3O2S/c24-18-13-7-8-14-19(18)25-20(28)15-30-23-27-26-22(29-23)21(16-9-3-1-4-10-16)17-11-5-2-6-12-17/h1-14,21H,15H2,(H,25,28). The summed E-state index contributed by atoms with van der Waals surface area (Å²) in [6.07, 6.45) is 0. The maximum atomic E-state index is 12.2. The van der Waals surface area contributed by atoms with E-state index >= 15 is 0 Å². The number of para-hydroxylation sites is 1. The lowest BCUT2D eigenvalue weighted by Crippen LogP contribution is -2.14. The van der Waals surface area contributed by atoms with Gasteiger partial charge in [-0.3, -0.25) is 4.79 Å². The van der Waals surface area contributed by atoms with Crippen LogP contribution in [0.2, 0.25) is 5.02 Å². The van der Waals surface area contributed by atoms with Crippen molar-refractivity contribution in [1.82, 2.24) is 10.2 Å². The van der Waals surface area contributed by atoms with Crippen LogP contribution >= 0.6 is 23.4 Å². The molecule has 0 unspecified atom stereocenters. The van der Waals surface area contributed by atoms with E-state index in [1.165, 1.54) is 11.8 Å². The van der Waals surface area contributed by atoms with Crippen LogP contribution in [0.25, 0.3) is 0 Å². The number of aromatic nitrogens is 2. The summed E-state index contributed by atoms with van der Waals surface area (Å²) in [5.41, 5.74) is 2.69. The molecule has 0 atom stereocenters. The maximum absolute atomic E-state index is 12.2. The third kappa shape index (κ3) is 4.90. The largest absolute Gasteiger partial charge is 0.415 e. The molecule has 4 aromatic rings. The molecule has 0 aliphatic rings. The Labute approximate surface area is 183 Å². The first-order chi connectivity index (χ1) is 14.7. The first-order valence-electron chi connectivity index (χ1n) is 9.31. The minimum absolute atomic E-state index is 0.133. The molecule has 0 aliphatic heterocycles. The van der Waals surface area contributed by atoms with Gasteiger partial charge in [-0.2, -0.15) is 0 Å². The summed E-state index contributed by atoms with van der Waals surface area (Å²) in [6.45, 7) is 0. The van der Waals surface area contributed by atoms with Crippen LogP contribution in [0, 0.1) is 0 Å². The number of anilines is 1. The molecule has 150 valence electrons. The molecule has 0 saturated carbocycles. The molecule has 0 aliphatic carbocycles. The van der Waals surface area contributed by atoms with Crippen molar-refractivity contribution in [2.45, 2.75) is 11.1 Å². The second kappa shape index (κ2) is 9.61. The number of rotatable bonds is 7. The molecule has 1 amide bonds. The second-order valence-electron chi connectivity index (χ2n) is 6.48. The molecule has 0 saturated heterocycles. The van der Waals surface area contributed by atoms with Gasteiger partial charge in [-0.15, -0.1) is 10.2 Å². The van der Waals surface area contributed by atoms with Crippen LogP contribution in [0.5, 0.6) is 0 Å². The quantitative estimate of drug-likeness (QED) is 0.381. The monoisotopic (exact) mass is 435 g/mol. The number of halogens is 1. The maximum Gasteiger partial charge on any atom is 0.277 e.